The second-order valence-corrected chi connectivity index (χ2v) is 54.5. The smallest absolute Gasteiger partial charge is 0.396 e. The quantitative estimate of drug-likeness (QED) is 0.0874. The Morgan fingerprint density at radius 3 is 0.867 bits per heavy atom. The van der Waals surface area contributed by atoms with E-state index in [0.717, 1.165) is 56.0 Å². The highest BCUT2D eigenvalue weighted by Crippen LogP contribution is 2.44. The van der Waals surface area contributed by atoms with Gasteiger partial charge in [-0.15, -0.1) is 0 Å². The molecule has 128 heavy (non-hydrogen) atoms. The summed E-state index contributed by atoms with van der Waals surface area (Å²) in [6.45, 7) is 104. The zero-order chi connectivity index (χ0) is 105. The highest BCUT2D eigenvalue weighted by atomic mass is 19.4. The third-order valence-corrected chi connectivity index (χ3v) is 18.7. The van der Waals surface area contributed by atoms with Crippen molar-refractivity contribution in [2.45, 2.75) is 562 Å². The van der Waals surface area contributed by atoms with Crippen molar-refractivity contribution in [3.05, 3.63) is 35.9 Å². The number of hydrogen-bond acceptors (Lipinski definition) is 2. The molecule has 2 saturated carbocycles. The first kappa shape index (κ1) is 149. The van der Waals surface area contributed by atoms with E-state index in [9.17, 15) is 61.5 Å². The van der Waals surface area contributed by atoms with Crippen molar-refractivity contribution in [3.8, 4) is 0 Å². The third kappa shape index (κ3) is 177. The van der Waals surface area contributed by atoms with Gasteiger partial charge in [-0.05, 0) is 221 Å². The highest BCUT2D eigenvalue weighted by molar-refractivity contribution is 5.15. The van der Waals surface area contributed by atoms with E-state index in [2.05, 4.69) is 280 Å². The summed E-state index contributed by atoms with van der Waals surface area (Å²) in [6, 6.07) is 10.6. The Morgan fingerprint density at radius 2 is 0.695 bits per heavy atom. The first-order valence-electron chi connectivity index (χ1n) is 49.7. The summed E-state index contributed by atoms with van der Waals surface area (Å²) < 4.78 is 169. The van der Waals surface area contributed by atoms with Crippen LogP contribution in [0.3, 0.4) is 0 Å². The molecule has 1 aromatic carbocycles. The Morgan fingerprint density at radius 1 is 0.344 bits per heavy atom. The molecule has 0 aliphatic heterocycles. The number of alkyl halides is 14. The number of halogens is 14. The van der Waals surface area contributed by atoms with Crippen molar-refractivity contribution in [3.63, 3.8) is 0 Å². The maximum absolute atomic E-state index is 12.3. The molecule has 0 heterocycles. The SMILES string of the molecule is CC(C)(C)CC(F)(F)C(F)(F)F.CC(C)(C)CC1CC1.CC(C)(C)CCC(F)(F)F.CC(C)(C)CCC(F)F.CC(C)(C)CCC1CCC1.CC(C)(C)CCCC(F)(F)F.CC(C)(C)CCCF.CC(C)(C)CCCO.CC(C)(C)Cc1ccccc1.CC(C)CC(C)(C)C.CC(C)CCC(C)(C)C.CCCC(C)(C)C.CCCCC(C)(C)C.COCCCC(C)(C)C. The van der Waals surface area contributed by atoms with Crippen LogP contribution in [0.15, 0.2) is 30.3 Å². The Labute approximate surface area is 791 Å². The fraction of sp³-hybridized carbons (Fsp3) is 0.946. The van der Waals surface area contributed by atoms with Gasteiger partial charge in [0.1, 0.15) is 0 Å². The lowest BCUT2D eigenvalue weighted by Gasteiger charge is -2.28. The number of benzene rings is 1. The summed E-state index contributed by atoms with van der Waals surface area (Å²) in [5, 5.41) is 8.43. The maximum atomic E-state index is 12.3. The molecular weight excluding hydrogens is 1640 g/mol. The molecule has 1 aromatic rings. The fourth-order valence-corrected chi connectivity index (χ4v) is 11.8. The van der Waals surface area contributed by atoms with Crippen LogP contribution in [0.5, 0.6) is 0 Å². The van der Waals surface area contributed by atoms with E-state index in [1.54, 1.807) is 27.9 Å². The molecule has 0 atom stereocenters. The van der Waals surface area contributed by atoms with Gasteiger partial charge in [0.15, 0.2) is 0 Å². The first-order chi connectivity index (χ1) is 56.2. The number of aliphatic hydroxyl groups is 1. The molecule has 1 N–H and O–H groups in total. The Balaban J connectivity index is -0.000000128. The molecule has 0 spiro atoms. The van der Waals surface area contributed by atoms with Crippen LogP contribution in [0.2, 0.25) is 0 Å². The van der Waals surface area contributed by atoms with E-state index < -0.39 is 55.6 Å². The van der Waals surface area contributed by atoms with Gasteiger partial charge in [0.2, 0.25) is 6.43 Å². The minimum absolute atomic E-state index is 0.0191. The molecule has 0 bridgehead atoms. The second-order valence-electron chi connectivity index (χ2n) is 54.5. The van der Waals surface area contributed by atoms with Crippen LogP contribution in [0.25, 0.3) is 0 Å². The number of ether oxygens (including phenoxy) is 1. The summed E-state index contributed by atoms with van der Waals surface area (Å²) in [5.41, 5.74) is 5.14. The van der Waals surface area contributed by atoms with Crippen LogP contribution in [0.4, 0.5) is 61.5 Å². The molecule has 2 aliphatic carbocycles. The summed E-state index contributed by atoms with van der Waals surface area (Å²) in [5.74, 6) is -0.681. The lowest BCUT2D eigenvalue weighted by atomic mass is 9.78. The van der Waals surface area contributed by atoms with Gasteiger partial charge in [0.25, 0.3) is 0 Å². The molecule has 2 aliphatic rings. The summed E-state index contributed by atoms with van der Waals surface area (Å²) in [6.07, 6.45) is 13.6. The Hall–Kier alpha value is -1.84. The zero-order valence-electron chi connectivity index (χ0n) is 94.5. The highest BCUT2D eigenvalue weighted by Gasteiger charge is 2.58. The van der Waals surface area contributed by atoms with Crippen LogP contribution in [0, 0.1) is 99.5 Å². The largest absolute Gasteiger partial charge is 0.453 e. The van der Waals surface area contributed by atoms with Crippen LogP contribution < -0.4 is 0 Å². The molecule has 0 saturated heterocycles. The van der Waals surface area contributed by atoms with Gasteiger partial charge in [0, 0.05) is 46.0 Å². The van der Waals surface area contributed by atoms with Gasteiger partial charge >= 0.3 is 24.5 Å². The molecule has 0 unspecified atom stereocenters. The second kappa shape index (κ2) is 71.6. The Kier molecular flexibility index (Phi) is 83.4. The molecule has 0 radical (unpaired) electrons. The number of rotatable bonds is 23. The molecular formula is C112H226F14O2. The van der Waals surface area contributed by atoms with Crippen molar-refractivity contribution in [2.75, 3.05) is 27.0 Å². The molecule has 16 heteroatoms. The fourth-order valence-electron chi connectivity index (χ4n) is 11.8. The van der Waals surface area contributed by atoms with E-state index >= 15 is 0 Å². The van der Waals surface area contributed by atoms with E-state index in [4.69, 9.17) is 9.84 Å². The molecule has 784 valence electrons. The summed E-state index contributed by atoms with van der Waals surface area (Å²) >= 11 is 0. The van der Waals surface area contributed by atoms with E-state index in [1.165, 1.54) is 142 Å². The van der Waals surface area contributed by atoms with E-state index in [1.807, 2.05) is 41.5 Å². The van der Waals surface area contributed by atoms with Gasteiger partial charge in [-0.25, -0.2) is 8.78 Å². The topological polar surface area (TPSA) is 29.5 Å². The zero-order valence-corrected chi connectivity index (χ0v) is 94.5. The van der Waals surface area contributed by atoms with Gasteiger partial charge in [-0.1, -0.05) is 420 Å². The van der Waals surface area contributed by atoms with Crippen LogP contribution in [-0.4, -0.2) is 63.0 Å². The maximum Gasteiger partial charge on any atom is 0.453 e. The number of hydrogen-bond donors (Lipinski definition) is 1. The van der Waals surface area contributed by atoms with Gasteiger partial charge in [-0.3, -0.25) is 4.39 Å². The lowest BCUT2D eigenvalue weighted by Crippen LogP contribution is -2.39. The predicted octanol–water partition coefficient (Wildman–Crippen LogP) is 43.2. The number of methoxy groups -OCH3 is 1. The van der Waals surface area contributed by atoms with E-state index in [-0.39, 0.29) is 42.2 Å². The van der Waals surface area contributed by atoms with Crippen LogP contribution >= 0.6 is 0 Å². The van der Waals surface area contributed by atoms with E-state index in [0.29, 0.717) is 80.0 Å². The van der Waals surface area contributed by atoms with Crippen molar-refractivity contribution >= 4 is 0 Å². The number of unbranched alkanes of at least 4 members (excludes halogenated alkanes) is 1. The minimum atomic E-state index is -5.43. The normalized spacial score (nSPS) is 13.9. The van der Waals surface area contributed by atoms with Crippen LogP contribution in [0.1, 0.15) is 531 Å². The van der Waals surface area contributed by atoms with Crippen LogP contribution in [-0.2, 0) is 11.2 Å². The van der Waals surface area contributed by atoms with Crippen molar-refractivity contribution < 1.29 is 71.3 Å². The van der Waals surface area contributed by atoms with Gasteiger partial charge in [0.05, 0.1) is 6.67 Å². The molecule has 3 rings (SSSR count). The standard InChI is InChI=1S/C11H16.C10H20.C9H20.C8H15F3.C8H18O.C8H16.2C8H18.C7H11F5.C7H13F3.C7H14F2.C7H15F.C7H16O.C7H16/c1-11(2,3)9-10-7-5-4-6-8-10;1-10(2,3)8-7-9-5-4-6-9;1-8(2)6-7-9(3,4)5;1-7(2,3)5-4-6-8(9,10)11;1-8(2,3)6-5-7-9-4;1-8(2,3)6-7-4-5-7;1-7(2)6-8(3,4)5;1-5-6-7-8(2,3)4;1-5(2,3)4-6(8,9)7(10,11)12;1-6(2,3)4-5-7(8,9)10;1-7(2,3)5-4-6(8)9;2*1-7(2,3)5-4-6-8;1-5-6-7(2,3)4/h4-8H,9H2,1-3H3;9H,4-8H2,1-3H3;8H,6-7H2,1-5H3;4-6H2,1-3H3;5-7H2,1-4H3;7H,4-6H2,1-3H3;7H,6H2,1-5H3;5-7H2,1-4H3;4H2,1-3H3;4-5H2,1-3H3;6H,4-5H2,1-3H3;4-6H2,1-3H3;8H,4-6H2,1-3H3;5-6H2,1-4H3. The lowest BCUT2D eigenvalue weighted by molar-refractivity contribution is -0.291. The molecule has 0 amide bonds. The third-order valence-electron chi connectivity index (χ3n) is 18.7. The minimum Gasteiger partial charge on any atom is -0.396 e. The molecule has 2 fully saturated rings. The molecule has 0 aromatic heterocycles. The first-order valence-corrected chi connectivity index (χ1v) is 49.7. The Bertz CT molecular complexity index is 2400. The summed E-state index contributed by atoms with van der Waals surface area (Å²) in [7, 11) is 1.75. The summed E-state index contributed by atoms with van der Waals surface area (Å²) in [4.78, 5) is 0. The van der Waals surface area contributed by atoms with Crippen molar-refractivity contribution in [2.24, 2.45) is 99.5 Å². The van der Waals surface area contributed by atoms with Gasteiger partial charge in [-0.2, -0.15) is 48.3 Å². The van der Waals surface area contributed by atoms with Crippen molar-refractivity contribution in [1.29, 1.82) is 0 Å². The average molecular weight is 1870 g/mol. The predicted molar refractivity (Wildman–Crippen MR) is 543 cm³/mol. The number of aliphatic hydroxyl groups excluding tert-OH is 1. The average Bonchev–Trinajstić information content (AvgIpc) is 1.59. The van der Waals surface area contributed by atoms with Crippen molar-refractivity contribution in [1.82, 2.24) is 0 Å². The molecule has 2 nitrogen and oxygen atoms in total. The van der Waals surface area contributed by atoms with Gasteiger partial charge < -0.3 is 9.84 Å². The monoisotopic (exact) mass is 1870 g/mol.